The zero-order valence-electron chi connectivity index (χ0n) is 16.7. The fourth-order valence-corrected chi connectivity index (χ4v) is 3.76. The molecule has 4 rings (SSSR count). The molecule has 0 atom stereocenters. The Morgan fingerprint density at radius 1 is 1.03 bits per heavy atom. The molecule has 2 aromatic heterocycles. The standard InChI is InChI=1S/C22H20N4O3S/c1-26-12-15(11-23-26)20-13-30-22(24-20)25-21(27)19-10-17(29-3)8-9-18(19)14-4-6-16(28-2)7-5-14/h4-13H,1-3H3,(H,24,25,27). The van der Waals surface area contributed by atoms with Gasteiger partial charge in [0.2, 0.25) is 0 Å². The smallest absolute Gasteiger partial charge is 0.258 e. The van der Waals surface area contributed by atoms with Gasteiger partial charge in [0.25, 0.3) is 5.91 Å². The third-order valence-corrected chi connectivity index (χ3v) is 5.36. The Morgan fingerprint density at radius 2 is 1.77 bits per heavy atom. The highest BCUT2D eigenvalue weighted by Gasteiger charge is 2.17. The normalized spacial score (nSPS) is 10.6. The summed E-state index contributed by atoms with van der Waals surface area (Å²) in [5.74, 6) is 1.10. The van der Waals surface area contributed by atoms with Gasteiger partial charge in [0.15, 0.2) is 5.13 Å². The third-order valence-electron chi connectivity index (χ3n) is 4.60. The first-order valence-electron chi connectivity index (χ1n) is 9.15. The Bertz CT molecular complexity index is 1180. The summed E-state index contributed by atoms with van der Waals surface area (Å²) < 4.78 is 12.3. The lowest BCUT2D eigenvalue weighted by atomic mass is 9.98. The van der Waals surface area contributed by atoms with E-state index in [4.69, 9.17) is 9.47 Å². The van der Waals surface area contributed by atoms with Crippen LogP contribution in [-0.4, -0.2) is 34.9 Å². The van der Waals surface area contributed by atoms with Crippen molar-refractivity contribution < 1.29 is 14.3 Å². The van der Waals surface area contributed by atoms with Crippen molar-refractivity contribution in [2.45, 2.75) is 0 Å². The van der Waals surface area contributed by atoms with Crippen LogP contribution in [0.5, 0.6) is 11.5 Å². The number of nitrogens with zero attached hydrogens (tertiary/aromatic N) is 3. The molecule has 2 heterocycles. The first kappa shape index (κ1) is 19.7. The fourth-order valence-electron chi connectivity index (χ4n) is 3.04. The number of carbonyl (C=O) groups excluding carboxylic acids is 1. The fraction of sp³-hybridized carbons (Fsp3) is 0.136. The highest BCUT2D eigenvalue weighted by Crippen LogP contribution is 2.30. The van der Waals surface area contributed by atoms with E-state index in [2.05, 4.69) is 15.4 Å². The second-order valence-corrected chi connectivity index (χ2v) is 7.39. The summed E-state index contributed by atoms with van der Waals surface area (Å²) in [6.07, 6.45) is 3.62. The van der Waals surface area contributed by atoms with Crippen LogP contribution in [-0.2, 0) is 7.05 Å². The number of aromatic nitrogens is 3. The third kappa shape index (κ3) is 4.04. The molecule has 1 amide bonds. The van der Waals surface area contributed by atoms with E-state index in [9.17, 15) is 4.79 Å². The zero-order valence-corrected chi connectivity index (χ0v) is 17.6. The molecule has 0 radical (unpaired) electrons. The van der Waals surface area contributed by atoms with Gasteiger partial charge < -0.3 is 9.47 Å². The van der Waals surface area contributed by atoms with Crippen LogP contribution >= 0.6 is 11.3 Å². The molecule has 0 bridgehead atoms. The average Bonchev–Trinajstić information content (AvgIpc) is 3.42. The summed E-state index contributed by atoms with van der Waals surface area (Å²) in [6, 6.07) is 13.0. The zero-order chi connectivity index (χ0) is 21.1. The minimum absolute atomic E-state index is 0.258. The van der Waals surface area contributed by atoms with E-state index < -0.39 is 0 Å². The first-order valence-corrected chi connectivity index (χ1v) is 10.0. The van der Waals surface area contributed by atoms with Crippen molar-refractivity contribution in [3.05, 3.63) is 65.8 Å². The molecule has 0 aliphatic carbocycles. The van der Waals surface area contributed by atoms with Crippen molar-refractivity contribution in [1.29, 1.82) is 0 Å². The molecule has 7 nitrogen and oxygen atoms in total. The van der Waals surface area contributed by atoms with Crippen molar-refractivity contribution >= 4 is 22.4 Å². The number of rotatable bonds is 6. The number of benzene rings is 2. The minimum Gasteiger partial charge on any atom is -0.497 e. The molecule has 0 aliphatic rings. The van der Waals surface area contributed by atoms with E-state index in [0.29, 0.717) is 16.4 Å². The number of methoxy groups -OCH3 is 2. The molecule has 0 unspecified atom stereocenters. The van der Waals surface area contributed by atoms with Crippen LogP contribution in [0.4, 0.5) is 5.13 Å². The van der Waals surface area contributed by atoms with Crippen LogP contribution in [0.3, 0.4) is 0 Å². The average molecular weight is 420 g/mol. The molecule has 1 N–H and O–H groups in total. The molecule has 2 aromatic carbocycles. The summed E-state index contributed by atoms with van der Waals surface area (Å²) >= 11 is 1.37. The molecule has 8 heteroatoms. The molecule has 0 aliphatic heterocycles. The summed E-state index contributed by atoms with van der Waals surface area (Å²) in [6.45, 7) is 0. The number of hydrogen-bond acceptors (Lipinski definition) is 6. The lowest BCUT2D eigenvalue weighted by Crippen LogP contribution is -2.13. The first-order chi connectivity index (χ1) is 14.6. The largest absolute Gasteiger partial charge is 0.497 e. The number of thiazole rings is 1. The summed E-state index contributed by atoms with van der Waals surface area (Å²) in [4.78, 5) is 17.6. The Labute approximate surface area is 177 Å². The van der Waals surface area contributed by atoms with Gasteiger partial charge in [0, 0.05) is 24.2 Å². The minimum atomic E-state index is -0.258. The van der Waals surface area contributed by atoms with Gasteiger partial charge in [-0.1, -0.05) is 12.1 Å². The van der Waals surface area contributed by atoms with Gasteiger partial charge in [-0.2, -0.15) is 5.10 Å². The van der Waals surface area contributed by atoms with Crippen LogP contribution in [0.1, 0.15) is 10.4 Å². The predicted molar refractivity (Wildman–Crippen MR) is 117 cm³/mol. The molecule has 0 spiro atoms. The lowest BCUT2D eigenvalue weighted by molar-refractivity contribution is 0.102. The second-order valence-electron chi connectivity index (χ2n) is 6.53. The number of amides is 1. The van der Waals surface area contributed by atoms with Gasteiger partial charge in [0.1, 0.15) is 11.5 Å². The van der Waals surface area contributed by atoms with E-state index in [1.807, 2.05) is 55.0 Å². The lowest BCUT2D eigenvalue weighted by Gasteiger charge is -2.12. The van der Waals surface area contributed by atoms with E-state index in [1.54, 1.807) is 31.2 Å². The van der Waals surface area contributed by atoms with E-state index in [0.717, 1.165) is 28.1 Å². The maximum atomic E-state index is 13.1. The highest BCUT2D eigenvalue weighted by molar-refractivity contribution is 7.14. The topological polar surface area (TPSA) is 78.3 Å². The van der Waals surface area contributed by atoms with Crippen molar-refractivity contribution in [3.63, 3.8) is 0 Å². The van der Waals surface area contributed by atoms with Crippen molar-refractivity contribution in [3.8, 4) is 33.9 Å². The molecular formula is C22H20N4O3S. The molecule has 4 aromatic rings. The number of ether oxygens (including phenoxy) is 2. The molecule has 0 saturated heterocycles. The van der Waals surface area contributed by atoms with E-state index >= 15 is 0 Å². The maximum absolute atomic E-state index is 13.1. The second kappa shape index (κ2) is 8.38. The van der Waals surface area contributed by atoms with Crippen LogP contribution in [0.2, 0.25) is 0 Å². The van der Waals surface area contributed by atoms with Crippen LogP contribution < -0.4 is 14.8 Å². The van der Waals surface area contributed by atoms with Crippen LogP contribution in [0, 0.1) is 0 Å². The molecule has 0 fully saturated rings. The molecule has 0 saturated carbocycles. The Hall–Kier alpha value is -3.65. The quantitative estimate of drug-likeness (QED) is 0.498. The Kier molecular flexibility index (Phi) is 5.49. The van der Waals surface area contributed by atoms with Gasteiger partial charge >= 0.3 is 0 Å². The summed E-state index contributed by atoms with van der Waals surface area (Å²) in [5.41, 5.74) is 3.86. The van der Waals surface area contributed by atoms with Gasteiger partial charge in [-0.3, -0.25) is 14.8 Å². The van der Waals surface area contributed by atoms with Gasteiger partial charge in [-0.25, -0.2) is 4.98 Å². The van der Waals surface area contributed by atoms with Crippen LogP contribution in [0.25, 0.3) is 22.4 Å². The monoisotopic (exact) mass is 420 g/mol. The van der Waals surface area contributed by atoms with Crippen molar-refractivity contribution in [2.75, 3.05) is 19.5 Å². The number of nitrogens with one attached hydrogen (secondary N) is 1. The van der Waals surface area contributed by atoms with Gasteiger partial charge in [0.05, 0.1) is 31.7 Å². The van der Waals surface area contributed by atoms with Gasteiger partial charge in [-0.05, 0) is 41.5 Å². The molecular weight excluding hydrogens is 400 g/mol. The van der Waals surface area contributed by atoms with E-state index in [-0.39, 0.29) is 5.91 Å². The molecule has 152 valence electrons. The number of anilines is 1. The number of hydrogen-bond donors (Lipinski definition) is 1. The SMILES string of the molecule is COc1ccc(-c2ccc(OC)cc2C(=O)Nc2nc(-c3cnn(C)c3)cs2)cc1. The summed E-state index contributed by atoms with van der Waals surface area (Å²) in [5, 5.41) is 9.47. The number of carbonyl (C=O) groups is 1. The van der Waals surface area contributed by atoms with Crippen molar-refractivity contribution in [2.24, 2.45) is 7.05 Å². The molecule has 30 heavy (non-hydrogen) atoms. The van der Waals surface area contributed by atoms with E-state index in [1.165, 1.54) is 11.3 Å². The number of aryl methyl sites for hydroxylation is 1. The van der Waals surface area contributed by atoms with Crippen molar-refractivity contribution in [1.82, 2.24) is 14.8 Å². The maximum Gasteiger partial charge on any atom is 0.258 e. The van der Waals surface area contributed by atoms with Gasteiger partial charge in [-0.15, -0.1) is 11.3 Å². The van der Waals surface area contributed by atoms with Crippen LogP contribution in [0.15, 0.2) is 60.2 Å². The Balaban J connectivity index is 1.63. The summed E-state index contributed by atoms with van der Waals surface area (Å²) in [7, 11) is 5.04. The highest BCUT2D eigenvalue weighted by atomic mass is 32.1. The predicted octanol–water partition coefficient (Wildman–Crippen LogP) is 4.48. The Morgan fingerprint density at radius 3 is 2.43 bits per heavy atom.